The fraction of sp³-hybridized carbons (Fsp3) is 0.136. The van der Waals surface area contributed by atoms with E-state index in [0.717, 1.165) is 5.56 Å². The van der Waals surface area contributed by atoms with Crippen LogP contribution in [0.1, 0.15) is 21.5 Å². The van der Waals surface area contributed by atoms with E-state index in [2.05, 4.69) is 11.9 Å². The molecule has 2 aromatic rings. The van der Waals surface area contributed by atoms with Crippen LogP contribution in [0.25, 0.3) is 6.08 Å². The van der Waals surface area contributed by atoms with Gasteiger partial charge in [-0.15, -0.1) is 6.58 Å². The quantitative estimate of drug-likeness (QED) is 0.263. The van der Waals surface area contributed by atoms with Crippen molar-refractivity contribution in [3.8, 4) is 17.6 Å². The van der Waals surface area contributed by atoms with Crippen LogP contribution in [0.5, 0.6) is 11.5 Å². The average Bonchev–Trinajstić information content (AvgIpc) is 2.71. The third-order valence-corrected chi connectivity index (χ3v) is 3.76. The Hall–Kier alpha value is -3.85. The van der Waals surface area contributed by atoms with E-state index in [9.17, 15) is 14.9 Å². The van der Waals surface area contributed by atoms with Crippen LogP contribution in [-0.4, -0.2) is 25.5 Å². The van der Waals surface area contributed by atoms with Gasteiger partial charge in [0, 0.05) is 6.54 Å². The smallest absolute Gasteiger partial charge is 0.343 e. The Morgan fingerprint density at radius 3 is 2.50 bits per heavy atom. The zero-order chi connectivity index (χ0) is 20.5. The molecule has 0 aliphatic rings. The fourth-order valence-electron chi connectivity index (χ4n) is 2.28. The molecule has 0 heterocycles. The zero-order valence-electron chi connectivity index (χ0n) is 15.7. The highest BCUT2D eigenvalue weighted by Crippen LogP contribution is 2.29. The first kappa shape index (κ1) is 20.5. The Balaban J connectivity index is 2.23. The van der Waals surface area contributed by atoms with Gasteiger partial charge >= 0.3 is 5.97 Å². The van der Waals surface area contributed by atoms with Crippen molar-refractivity contribution in [1.29, 1.82) is 5.26 Å². The van der Waals surface area contributed by atoms with Gasteiger partial charge in [0.2, 0.25) is 0 Å². The summed E-state index contributed by atoms with van der Waals surface area (Å²) in [5.74, 6) is -0.475. The molecular formula is C22H20N2O4. The third kappa shape index (κ3) is 5.32. The van der Waals surface area contributed by atoms with Crippen LogP contribution in [0.3, 0.4) is 0 Å². The SMILES string of the molecule is C=CCNC(=O)/C(C#N)=C/c1ccc(OC(=O)c2ccc(C)cc2)c(OC)c1. The molecule has 6 nitrogen and oxygen atoms in total. The molecule has 0 aliphatic heterocycles. The molecule has 0 fully saturated rings. The van der Waals surface area contributed by atoms with Gasteiger partial charge in [-0.2, -0.15) is 5.26 Å². The minimum absolute atomic E-state index is 0.0618. The third-order valence-electron chi connectivity index (χ3n) is 3.76. The number of hydrogen-bond donors (Lipinski definition) is 1. The van der Waals surface area contributed by atoms with Crippen molar-refractivity contribution >= 4 is 18.0 Å². The van der Waals surface area contributed by atoms with Gasteiger partial charge in [-0.1, -0.05) is 29.8 Å². The number of benzene rings is 2. The number of nitrogens with one attached hydrogen (secondary N) is 1. The number of ether oxygens (including phenoxy) is 2. The Morgan fingerprint density at radius 2 is 1.89 bits per heavy atom. The Labute approximate surface area is 163 Å². The van der Waals surface area contributed by atoms with Gasteiger partial charge in [0.15, 0.2) is 11.5 Å². The molecule has 0 saturated heterocycles. The molecule has 0 radical (unpaired) electrons. The number of nitrogens with zero attached hydrogens (tertiary/aromatic N) is 1. The number of aryl methyl sites for hydroxylation is 1. The lowest BCUT2D eigenvalue weighted by molar-refractivity contribution is -0.116. The van der Waals surface area contributed by atoms with Gasteiger partial charge < -0.3 is 14.8 Å². The minimum atomic E-state index is -0.511. The zero-order valence-corrected chi connectivity index (χ0v) is 15.7. The largest absolute Gasteiger partial charge is 0.493 e. The summed E-state index contributed by atoms with van der Waals surface area (Å²) in [6.45, 7) is 5.70. The maximum absolute atomic E-state index is 12.3. The molecule has 142 valence electrons. The van der Waals surface area contributed by atoms with E-state index < -0.39 is 11.9 Å². The average molecular weight is 376 g/mol. The van der Waals surface area contributed by atoms with Gasteiger partial charge in [0.1, 0.15) is 11.6 Å². The first-order valence-electron chi connectivity index (χ1n) is 8.46. The van der Waals surface area contributed by atoms with Gasteiger partial charge in [-0.3, -0.25) is 4.79 Å². The molecule has 0 atom stereocenters. The van der Waals surface area contributed by atoms with E-state index >= 15 is 0 Å². The lowest BCUT2D eigenvalue weighted by atomic mass is 10.1. The number of hydrogen-bond acceptors (Lipinski definition) is 5. The van der Waals surface area contributed by atoms with E-state index in [0.29, 0.717) is 16.9 Å². The highest BCUT2D eigenvalue weighted by Gasteiger charge is 2.14. The van der Waals surface area contributed by atoms with E-state index in [1.165, 1.54) is 19.3 Å². The fourth-order valence-corrected chi connectivity index (χ4v) is 2.28. The van der Waals surface area contributed by atoms with Crippen LogP contribution in [0, 0.1) is 18.3 Å². The van der Waals surface area contributed by atoms with Gasteiger partial charge in [-0.25, -0.2) is 4.79 Å². The summed E-state index contributed by atoms with van der Waals surface area (Å²) in [4.78, 5) is 24.2. The molecule has 0 unspecified atom stereocenters. The van der Waals surface area contributed by atoms with Crippen LogP contribution >= 0.6 is 0 Å². The molecule has 1 N–H and O–H groups in total. The van der Waals surface area contributed by atoms with E-state index in [1.807, 2.05) is 25.1 Å². The number of carbonyl (C=O) groups excluding carboxylic acids is 2. The Bertz CT molecular complexity index is 953. The molecule has 28 heavy (non-hydrogen) atoms. The summed E-state index contributed by atoms with van der Waals surface area (Å²) in [7, 11) is 1.44. The van der Waals surface area contributed by atoms with Crippen LogP contribution in [0.15, 0.2) is 60.7 Å². The number of amides is 1. The van der Waals surface area contributed by atoms with Crippen molar-refractivity contribution in [3.63, 3.8) is 0 Å². The molecule has 0 aromatic heterocycles. The van der Waals surface area contributed by atoms with Crippen molar-refractivity contribution < 1.29 is 19.1 Å². The monoisotopic (exact) mass is 376 g/mol. The number of rotatable bonds is 7. The van der Waals surface area contributed by atoms with Crippen LogP contribution in [-0.2, 0) is 4.79 Å². The second-order valence-electron chi connectivity index (χ2n) is 5.83. The Morgan fingerprint density at radius 1 is 1.18 bits per heavy atom. The normalized spacial score (nSPS) is 10.5. The maximum Gasteiger partial charge on any atom is 0.343 e. The predicted molar refractivity (Wildman–Crippen MR) is 106 cm³/mol. The molecule has 2 aromatic carbocycles. The van der Waals surface area contributed by atoms with Gasteiger partial charge in [-0.05, 0) is 42.8 Å². The van der Waals surface area contributed by atoms with Gasteiger partial charge in [0.25, 0.3) is 5.91 Å². The molecular weight excluding hydrogens is 356 g/mol. The van der Waals surface area contributed by atoms with Crippen molar-refractivity contribution in [2.75, 3.05) is 13.7 Å². The van der Waals surface area contributed by atoms with E-state index in [-0.39, 0.29) is 17.9 Å². The van der Waals surface area contributed by atoms with Crippen molar-refractivity contribution in [3.05, 3.63) is 77.4 Å². The number of methoxy groups -OCH3 is 1. The number of nitriles is 1. The second-order valence-corrected chi connectivity index (χ2v) is 5.83. The first-order valence-corrected chi connectivity index (χ1v) is 8.46. The van der Waals surface area contributed by atoms with E-state index in [1.54, 1.807) is 30.3 Å². The van der Waals surface area contributed by atoms with E-state index in [4.69, 9.17) is 9.47 Å². The molecule has 0 spiro atoms. The van der Waals surface area contributed by atoms with Crippen molar-refractivity contribution in [2.45, 2.75) is 6.92 Å². The Kier molecular flexibility index (Phi) is 7.12. The van der Waals surface area contributed by atoms with Gasteiger partial charge in [0.05, 0.1) is 12.7 Å². The number of esters is 1. The second kappa shape index (κ2) is 9.74. The lowest BCUT2D eigenvalue weighted by Crippen LogP contribution is -2.24. The van der Waals surface area contributed by atoms with Crippen molar-refractivity contribution in [1.82, 2.24) is 5.32 Å². The standard InChI is InChI=1S/C22H20N2O4/c1-4-11-24-21(25)18(14-23)12-16-7-10-19(20(13-16)27-3)28-22(26)17-8-5-15(2)6-9-17/h4-10,12-13H,1,11H2,2-3H3,(H,24,25)/b18-12+. The molecule has 0 saturated carbocycles. The number of carbonyl (C=O) groups is 2. The molecule has 6 heteroatoms. The molecule has 1 amide bonds. The van der Waals surface area contributed by atoms with Crippen LogP contribution < -0.4 is 14.8 Å². The summed E-state index contributed by atoms with van der Waals surface area (Å²) < 4.78 is 10.7. The topological polar surface area (TPSA) is 88.4 Å². The molecule has 0 aliphatic carbocycles. The summed E-state index contributed by atoms with van der Waals surface area (Å²) >= 11 is 0. The summed E-state index contributed by atoms with van der Waals surface area (Å²) in [6.07, 6.45) is 2.94. The lowest BCUT2D eigenvalue weighted by Gasteiger charge is -2.10. The molecule has 0 bridgehead atoms. The van der Waals surface area contributed by atoms with Crippen LogP contribution in [0.2, 0.25) is 0 Å². The summed E-state index contributed by atoms with van der Waals surface area (Å²) in [6, 6.07) is 13.6. The molecule has 2 rings (SSSR count). The van der Waals surface area contributed by atoms with Crippen LogP contribution in [0.4, 0.5) is 0 Å². The minimum Gasteiger partial charge on any atom is -0.493 e. The van der Waals surface area contributed by atoms with Crippen molar-refractivity contribution in [2.24, 2.45) is 0 Å². The summed E-state index contributed by atoms with van der Waals surface area (Å²) in [5, 5.41) is 11.7. The highest BCUT2D eigenvalue weighted by molar-refractivity contribution is 6.01. The maximum atomic E-state index is 12.3. The highest BCUT2D eigenvalue weighted by atomic mass is 16.6. The first-order chi connectivity index (χ1) is 13.5. The predicted octanol–water partition coefficient (Wildman–Crippen LogP) is 3.43. The summed E-state index contributed by atoms with van der Waals surface area (Å²) in [5.41, 5.74) is 1.95.